The summed E-state index contributed by atoms with van der Waals surface area (Å²) in [6.45, 7) is 3.19. The highest BCUT2D eigenvalue weighted by molar-refractivity contribution is 5.21. The lowest BCUT2D eigenvalue weighted by atomic mass is 10.1. The van der Waals surface area contributed by atoms with Gasteiger partial charge in [-0.2, -0.15) is 0 Å². The highest BCUT2D eigenvalue weighted by Crippen LogP contribution is 2.10. The number of halogens is 1. The van der Waals surface area contributed by atoms with Crippen molar-refractivity contribution < 1.29 is 31.0 Å². The van der Waals surface area contributed by atoms with Gasteiger partial charge in [0.2, 0.25) is 0 Å². The number of hydrogen-bond donors (Lipinski definition) is 1. The largest absolute Gasteiger partial charge is 0.494 e. The van der Waals surface area contributed by atoms with Crippen LogP contribution >= 0.6 is 0 Å². The van der Waals surface area contributed by atoms with Gasteiger partial charge in [0.25, 0.3) is 0 Å². The number of ether oxygens (including phenoxy) is 1. The second-order valence-electron chi connectivity index (χ2n) is 5.95. The maximum atomic E-state index is 9.09. The molecule has 2 aromatic rings. The summed E-state index contributed by atoms with van der Waals surface area (Å²) < 4.78 is 8.59. The summed E-state index contributed by atoms with van der Waals surface area (Å²) in [5.41, 5.74) is 0.973. The van der Waals surface area contributed by atoms with Crippen LogP contribution in [-0.2, 0) is 6.61 Å². The van der Waals surface area contributed by atoms with E-state index >= 15 is 0 Å². The van der Waals surface area contributed by atoms with Gasteiger partial charge in [-0.1, -0.05) is 51.2 Å². The highest BCUT2D eigenvalue weighted by Gasteiger charge is 2.15. The van der Waals surface area contributed by atoms with Crippen LogP contribution in [0.25, 0.3) is 0 Å². The van der Waals surface area contributed by atoms with Gasteiger partial charge < -0.3 is 9.84 Å². The summed E-state index contributed by atoms with van der Waals surface area (Å²) in [6, 6.07) is 16.8. The molecule has 3 heteroatoms. The lowest BCUT2D eigenvalue weighted by Crippen LogP contribution is -3.61. The molecule has 130 valence electrons. The normalized spacial score (nSPS) is 10.8. The predicted octanol–water partition coefficient (Wildman–Crippen LogP) is 2.05. The molecule has 0 atom stereocenters. The van der Waals surface area contributed by atoms with Crippen molar-refractivity contribution in [2.24, 2.45) is 0 Å². The molecule has 0 aliphatic carbocycles. The van der Waals surface area contributed by atoms with Crippen LogP contribution in [0.2, 0.25) is 0 Å². The Hall–Kier alpha value is -1.07. The number of unbranched alkanes of at least 4 members (excludes halogenated alkanes) is 5. The Bertz CT molecular complexity index is 563. The molecule has 0 spiro atoms. The summed E-state index contributed by atoms with van der Waals surface area (Å²) in [5.74, 6) is 0.979. The van der Waals surface area contributed by atoms with E-state index in [1.54, 1.807) is 0 Å². The lowest BCUT2D eigenvalue weighted by molar-refractivity contribution is -0.597. The summed E-state index contributed by atoms with van der Waals surface area (Å²) in [4.78, 5) is 0. The summed E-state index contributed by atoms with van der Waals surface area (Å²) in [7, 11) is 0. The molecule has 0 fully saturated rings. The molecule has 0 aromatic heterocycles. The Morgan fingerprint density at radius 2 is 1.38 bits per heavy atom. The molecule has 0 aliphatic heterocycles. The fraction of sp³-hybridized carbons (Fsp3) is 0.429. The van der Waals surface area contributed by atoms with Crippen molar-refractivity contribution in [1.29, 1.82) is 0 Å². The van der Waals surface area contributed by atoms with Gasteiger partial charge in [-0.3, -0.25) is 0 Å². The van der Waals surface area contributed by atoms with Gasteiger partial charge in [-0.05, 0) is 48.4 Å². The molecule has 2 nitrogen and oxygen atoms in total. The van der Waals surface area contributed by atoms with Crippen molar-refractivity contribution in [2.45, 2.75) is 52.1 Å². The topological polar surface area (TPSA) is 29.5 Å². The van der Waals surface area contributed by atoms with Crippen molar-refractivity contribution in [3.8, 4) is 5.75 Å². The predicted molar refractivity (Wildman–Crippen MR) is 95.1 cm³/mol. The Morgan fingerprint density at radius 1 is 0.792 bits per heavy atom. The van der Waals surface area contributed by atoms with Gasteiger partial charge >= 0.3 is 21.2 Å². The molecule has 0 radical (unpaired) electrons. The maximum absolute atomic E-state index is 9.09. The first-order valence-corrected chi connectivity index (χ1v) is 11.0. The van der Waals surface area contributed by atoms with Crippen molar-refractivity contribution in [1.82, 2.24) is 0 Å². The van der Waals surface area contributed by atoms with Gasteiger partial charge in [0.15, 0.2) is 7.14 Å². The average molecular weight is 439 g/mol. The van der Waals surface area contributed by atoms with Crippen LogP contribution in [-0.4, -0.2) is 11.7 Å². The Balaban J connectivity index is 1.70. The molecule has 0 bridgehead atoms. The fourth-order valence-corrected chi connectivity index (χ4v) is 4.60. The minimum atomic E-state index is -0.165. The zero-order chi connectivity index (χ0) is 17.0. The summed E-state index contributed by atoms with van der Waals surface area (Å²) in [5, 5.41) is 9.09. The average Bonchev–Trinajstić information content (AvgIpc) is 2.63. The van der Waals surface area contributed by atoms with Gasteiger partial charge in [-0.25, -0.2) is 0 Å². The Morgan fingerprint density at radius 3 is 2.00 bits per heavy atom. The van der Waals surface area contributed by atoms with E-state index in [9.17, 15) is 0 Å². The zero-order valence-corrected chi connectivity index (χ0v) is 16.7. The van der Waals surface area contributed by atoms with E-state index in [0.717, 1.165) is 24.3 Å². The Labute approximate surface area is 156 Å². The van der Waals surface area contributed by atoms with Crippen LogP contribution in [0.5, 0.6) is 5.75 Å². The van der Waals surface area contributed by atoms with E-state index in [1.165, 1.54) is 39.2 Å². The first-order valence-electron chi connectivity index (χ1n) is 8.89. The SMILES string of the molecule is CCCCCCCCOc1ccc([I+]c2ccc(CO)cc2)cc1. The number of hydrogen-bond acceptors (Lipinski definition) is 2. The first kappa shape index (κ1) is 19.3. The fourth-order valence-electron chi connectivity index (χ4n) is 2.45. The van der Waals surface area contributed by atoms with Crippen LogP contribution in [0.15, 0.2) is 48.5 Å². The maximum Gasteiger partial charge on any atom is 0.357 e. The van der Waals surface area contributed by atoms with E-state index < -0.39 is 0 Å². The second-order valence-corrected chi connectivity index (χ2v) is 8.98. The highest BCUT2D eigenvalue weighted by atomic mass is 127. The minimum Gasteiger partial charge on any atom is -0.494 e. The third-order valence-electron chi connectivity index (χ3n) is 3.89. The lowest BCUT2D eigenvalue weighted by Gasteiger charge is -2.05. The van der Waals surface area contributed by atoms with Gasteiger partial charge in [0.1, 0.15) is 5.75 Å². The van der Waals surface area contributed by atoms with Crippen LogP contribution in [0, 0.1) is 7.14 Å². The molecule has 1 N–H and O–H groups in total. The van der Waals surface area contributed by atoms with Crippen LogP contribution in [0.1, 0.15) is 51.0 Å². The van der Waals surface area contributed by atoms with Gasteiger partial charge in [0, 0.05) is 0 Å². The van der Waals surface area contributed by atoms with Gasteiger partial charge in [0.05, 0.1) is 13.2 Å². The molecule has 2 aromatic carbocycles. The molecule has 0 heterocycles. The van der Waals surface area contributed by atoms with Crippen LogP contribution < -0.4 is 25.9 Å². The van der Waals surface area contributed by atoms with Crippen molar-refractivity contribution in [3.63, 3.8) is 0 Å². The molecular weight excluding hydrogens is 411 g/mol. The quantitative estimate of drug-likeness (QED) is 0.429. The van der Waals surface area contributed by atoms with E-state index in [-0.39, 0.29) is 27.8 Å². The number of benzene rings is 2. The van der Waals surface area contributed by atoms with E-state index in [0.29, 0.717) is 0 Å². The molecule has 0 saturated heterocycles. The monoisotopic (exact) mass is 439 g/mol. The second kappa shape index (κ2) is 11.5. The number of aliphatic hydroxyl groups excluding tert-OH is 1. The molecule has 0 unspecified atom stereocenters. The summed E-state index contributed by atoms with van der Waals surface area (Å²) >= 11 is -0.165. The number of rotatable bonds is 11. The van der Waals surface area contributed by atoms with Gasteiger partial charge in [-0.15, -0.1) is 0 Å². The molecule has 24 heavy (non-hydrogen) atoms. The first-order chi connectivity index (χ1) is 11.8. The van der Waals surface area contributed by atoms with Crippen molar-refractivity contribution in [3.05, 3.63) is 61.2 Å². The molecule has 0 aliphatic rings. The third kappa shape index (κ3) is 7.22. The Kier molecular flexibility index (Phi) is 9.21. The zero-order valence-electron chi connectivity index (χ0n) is 14.5. The smallest absolute Gasteiger partial charge is 0.357 e. The van der Waals surface area contributed by atoms with Crippen molar-refractivity contribution in [2.75, 3.05) is 6.61 Å². The molecule has 0 amide bonds. The standard InChI is InChI=1S/C21H28IO2/c1-2-3-4-5-6-7-16-24-21-14-12-20(13-15-21)22-19-10-8-18(17-23)9-11-19/h8-15,23H,2-7,16-17H2,1H3/q+1. The van der Waals surface area contributed by atoms with Crippen LogP contribution in [0.4, 0.5) is 0 Å². The molecule has 2 rings (SSSR count). The van der Waals surface area contributed by atoms with E-state index in [1.807, 2.05) is 12.1 Å². The molecule has 0 saturated carbocycles. The summed E-state index contributed by atoms with van der Waals surface area (Å²) in [6.07, 6.45) is 7.76. The van der Waals surface area contributed by atoms with Crippen LogP contribution in [0.3, 0.4) is 0 Å². The number of aliphatic hydroxyl groups is 1. The minimum absolute atomic E-state index is 0.114. The van der Waals surface area contributed by atoms with E-state index in [4.69, 9.17) is 9.84 Å². The van der Waals surface area contributed by atoms with Crippen molar-refractivity contribution >= 4 is 0 Å². The van der Waals surface area contributed by atoms with E-state index in [2.05, 4.69) is 43.3 Å². The molecular formula is C21H28IO2+. The third-order valence-corrected chi connectivity index (χ3v) is 6.58.